The van der Waals surface area contributed by atoms with Crippen LogP contribution in [0.4, 0.5) is 10.1 Å². The number of benzene rings is 1. The van der Waals surface area contributed by atoms with E-state index in [4.69, 9.17) is 4.74 Å². The second-order valence-corrected chi connectivity index (χ2v) is 4.05. The third kappa shape index (κ3) is 3.38. The molecule has 0 aliphatic carbocycles. The highest BCUT2D eigenvalue weighted by Gasteiger charge is 2.16. The van der Waals surface area contributed by atoms with Crippen LogP contribution in [0.5, 0.6) is 5.75 Å². The lowest BCUT2D eigenvalue weighted by molar-refractivity contribution is 0.0697. The highest BCUT2D eigenvalue weighted by molar-refractivity contribution is 5.49. The molecule has 0 spiro atoms. The van der Waals surface area contributed by atoms with E-state index in [1.807, 2.05) is 6.92 Å². The summed E-state index contributed by atoms with van der Waals surface area (Å²) >= 11 is 0. The van der Waals surface area contributed by atoms with Gasteiger partial charge in [0.05, 0.1) is 12.7 Å². The summed E-state index contributed by atoms with van der Waals surface area (Å²) in [5.74, 6) is -0.198. The van der Waals surface area contributed by atoms with E-state index in [1.165, 1.54) is 13.2 Å². The first-order chi connectivity index (χ1) is 7.48. The molecule has 90 valence electrons. The number of hydrogen-bond acceptors (Lipinski definition) is 3. The summed E-state index contributed by atoms with van der Waals surface area (Å²) in [5, 5.41) is 12.8. The van der Waals surface area contributed by atoms with Gasteiger partial charge in [0.15, 0.2) is 11.6 Å². The minimum absolute atomic E-state index is 0.196. The molecule has 0 aromatic heterocycles. The van der Waals surface area contributed by atoms with Crippen molar-refractivity contribution in [1.29, 1.82) is 0 Å². The molecule has 0 aliphatic heterocycles. The number of nitrogens with one attached hydrogen (secondary N) is 1. The summed E-state index contributed by atoms with van der Waals surface area (Å²) in [5.41, 5.74) is -0.0336. The third-order valence-electron chi connectivity index (χ3n) is 2.59. The zero-order chi connectivity index (χ0) is 12.2. The van der Waals surface area contributed by atoms with Gasteiger partial charge in [0.2, 0.25) is 0 Å². The van der Waals surface area contributed by atoms with Gasteiger partial charge in [-0.05, 0) is 25.5 Å². The van der Waals surface area contributed by atoms with Gasteiger partial charge in [0.25, 0.3) is 0 Å². The van der Waals surface area contributed by atoms with Crippen LogP contribution in [-0.4, -0.2) is 24.4 Å². The summed E-state index contributed by atoms with van der Waals surface area (Å²) in [7, 11) is 1.42. The molecular formula is C12H18FNO2. The van der Waals surface area contributed by atoms with Crippen molar-refractivity contribution in [2.45, 2.75) is 25.9 Å². The number of ether oxygens (including phenoxy) is 1. The largest absolute Gasteiger partial charge is 0.494 e. The SMILES string of the molecule is CCC(C)(O)CNc1ccc(F)c(OC)c1. The Morgan fingerprint density at radius 3 is 2.75 bits per heavy atom. The van der Waals surface area contributed by atoms with E-state index in [1.54, 1.807) is 19.1 Å². The molecule has 0 bridgehead atoms. The number of rotatable bonds is 5. The predicted octanol–water partition coefficient (Wildman–Crippen LogP) is 2.41. The van der Waals surface area contributed by atoms with Crippen molar-refractivity contribution in [3.05, 3.63) is 24.0 Å². The fourth-order valence-corrected chi connectivity index (χ4v) is 1.19. The highest BCUT2D eigenvalue weighted by atomic mass is 19.1. The lowest BCUT2D eigenvalue weighted by atomic mass is 10.0. The first kappa shape index (κ1) is 12.8. The average molecular weight is 227 g/mol. The lowest BCUT2D eigenvalue weighted by Gasteiger charge is -2.22. The summed E-state index contributed by atoms with van der Waals surface area (Å²) in [4.78, 5) is 0. The van der Waals surface area contributed by atoms with Gasteiger partial charge in [0, 0.05) is 18.3 Å². The smallest absolute Gasteiger partial charge is 0.165 e. The van der Waals surface area contributed by atoms with Crippen LogP contribution in [0.25, 0.3) is 0 Å². The monoisotopic (exact) mass is 227 g/mol. The Balaban J connectivity index is 2.68. The molecule has 0 heterocycles. The molecule has 1 unspecified atom stereocenters. The molecule has 1 rings (SSSR count). The van der Waals surface area contributed by atoms with Crippen LogP contribution < -0.4 is 10.1 Å². The van der Waals surface area contributed by atoms with E-state index in [9.17, 15) is 9.50 Å². The van der Waals surface area contributed by atoms with Crippen molar-refractivity contribution in [1.82, 2.24) is 0 Å². The van der Waals surface area contributed by atoms with Crippen molar-refractivity contribution < 1.29 is 14.2 Å². The van der Waals surface area contributed by atoms with Gasteiger partial charge in [-0.25, -0.2) is 4.39 Å². The predicted molar refractivity (Wildman–Crippen MR) is 62.4 cm³/mol. The van der Waals surface area contributed by atoms with E-state index in [0.717, 1.165) is 5.69 Å². The van der Waals surface area contributed by atoms with Crippen molar-refractivity contribution in [3.63, 3.8) is 0 Å². The standard InChI is InChI=1S/C12H18FNO2/c1-4-12(2,15)8-14-9-5-6-10(13)11(7-9)16-3/h5-7,14-15H,4,8H2,1-3H3. The average Bonchev–Trinajstić information content (AvgIpc) is 2.28. The number of aliphatic hydroxyl groups is 1. The maximum Gasteiger partial charge on any atom is 0.165 e. The Labute approximate surface area is 95.2 Å². The number of halogens is 1. The van der Waals surface area contributed by atoms with Crippen LogP contribution in [0, 0.1) is 5.82 Å². The number of hydrogen-bond donors (Lipinski definition) is 2. The zero-order valence-electron chi connectivity index (χ0n) is 9.88. The van der Waals surface area contributed by atoms with Crippen molar-refractivity contribution in [2.75, 3.05) is 19.0 Å². The summed E-state index contributed by atoms with van der Waals surface area (Å²) in [6.07, 6.45) is 0.651. The molecule has 0 radical (unpaired) electrons. The number of methoxy groups -OCH3 is 1. The van der Waals surface area contributed by atoms with Crippen LogP contribution in [0.15, 0.2) is 18.2 Å². The van der Waals surface area contributed by atoms with Gasteiger partial charge in [-0.15, -0.1) is 0 Å². The maximum absolute atomic E-state index is 13.1. The molecule has 0 saturated carbocycles. The Morgan fingerprint density at radius 1 is 1.50 bits per heavy atom. The Kier molecular flexibility index (Phi) is 4.12. The van der Waals surface area contributed by atoms with Gasteiger partial charge in [-0.2, -0.15) is 0 Å². The van der Waals surface area contributed by atoms with Crippen LogP contribution in [0.1, 0.15) is 20.3 Å². The minimum Gasteiger partial charge on any atom is -0.494 e. The Morgan fingerprint density at radius 2 is 2.19 bits per heavy atom. The molecule has 3 nitrogen and oxygen atoms in total. The summed E-state index contributed by atoms with van der Waals surface area (Å²) in [6.45, 7) is 4.08. The molecule has 0 aliphatic rings. The molecule has 1 atom stereocenters. The minimum atomic E-state index is -0.762. The molecule has 16 heavy (non-hydrogen) atoms. The molecule has 2 N–H and O–H groups in total. The molecule has 1 aromatic rings. The second-order valence-electron chi connectivity index (χ2n) is 4.05. The first-order valence-electron chi connectivity index (χ1n) is 5.28. The summed E-state index contributed by atoms with van der Waals surface area (Å²) < 4.78 is 18.0. The topological polar surface area (TPSA) is 41.5 Å². The van der Waals surface area contributed by atoms with Crippen LogP contribution in [0.2, 0.25) is 0 Å². The van der Waals surface area contributed by atoms with E-state index in [-0.39, 0.29) is 5.75 Å². The quantitative estimate of drug-likeness (QED) is 0.811. The van der Waals surface area contributed by atoms with E-state index in [0.29, 0.717) is 13.0 Å². The van der Waals surface area contributed by atoms with E-state index >= 15 is 0 Å². The Hall–Kier alpha value is -1.29. The highest BCUT2D eigenvalue weighted by Crippen LogP contribution is 2.22. The molecule has 0 saturated heterocycles. The van der Waals surface area contributed by atoms with E-state index < -0.39 is 11.4 Å². The van der Waals surface area contributed by atoms with E-state index in [2.05, 4.69) is 5.32 Å². The molecule has 0 fully saturated rings. The van der Waals surface area contributed by atoms with Crippen molar-refractivity contribution >= 4 is 5.69 Å². The molecular weight excluding hydrogens is 209 g/mol. The summed E-state index contributed by atoms with van der Waals surface area (Å²) in [6, 6.07) is 4.52. The fourth-order valence-electron chi connectivity index (χ4n) is 1.19. The maximum atomic E-state index is 13.1. The van der Waals surface area contributed by atoms with Crippen LogP contribution in [0.3, 0.4) is 0 Å². The van der Waals surface area contributed by atoms with Gasteiger partial charge >= 0.3 is 0 Å². The van der Waals surface area contributed by atoms with Crippen molar-refractivity contribution in [3.8, 4) is 5.75 Å². The fraction of sp³-hybridized carbons (Fsp3) is 0.500. The number of anilines is 1. The lowest BCUT2D eigenvalue weighted by Crippen LogP contribution is -2.32. The molecule has 0 amide bonds. The van der Waals surface area contributed by atoms with Crippen molar-refractivity contribution in [2.24, 2.45) is 0 Å². The van der Waals surface area contributed by atoms with Gasteiger partial charge in [-0.3, -0.25) is 0 Å². The van der Waals surface area contributed by atoms with Gasteiger partial charge < -0.3 is 15.2 Å². The molecule has 1 aromatic carbocycles. The first-order valence-corrected chi connectivity index (χ1v) is 5.28. The zero-order valence-corrected chi connectivity index (χ0v) is 9.88. The molecule has 4 heteroatoms. The second kappa shape index (κ2) is 5.16. The Bertz CT molecular complexity index is 353. The van der Waals surface area contributed by atoms with Gasteiger partial charge in [-0.1, -0.05) is 6.92 Å². The van der Waals surface area contributed by atoms with Crippen LogP contribution in [-0.2, 0) is 0 Å². The van der Waals surface area contributed by atoms with Crippen LogP contribution >= 0.6 is 0 Å². The third-order valence-corrected chi connectivity index (χ3v) is 2.59. The normalized spacial score (nSPS) is 14.3. The van der Waals surface area contributed by atoms with Gasteiger partial charge in [0.1, 0.15) is 0 Å².